The fourth-order valence-electron chi connectivity index (χ4n) is 2.11. The molecule has 1 aliphatic heterocycles. The van der Waals surface area contributed by atoms with Crippen LogP contribution in [-0.4, -0.2) is 37.0 Å². The zero-order chi connectivity index (χ0) is 11.6. The van der Waals surface area contributed by atoms with Crippen molar-refractivity contribution in [2.45, 2.75) is 51.9 Å². The summed E-state index contributed by atoms with van der Waals surface area (Å²) in [5.41, 5.74) is 0. The molecule has 1 aliphatic rings. The van der Waals surface area contributed by atoms with Gasteiger partial charge in [-0.25, -0.2) is 0 Å². The molecule has 16 heavy (non-hydrogen) atoms. The molecule has 1 saturated heterocycles. The highest BCUT2D eigenvalue weighted by atomic mass is 16.1. The number of nitrogens with zero attached hydrogens (tertiary/aromatic N) is 1. The first-order valence-corrected chi connectivity index (χ1v) is 6.82. The van der Waals surface area contributed by atoms with Crippen molar-refractivity contribution in [1.29, 1.82) is 0 Å². The van der Waals surface area contributed by atoms with Crippen molar-refractivity contribution in [2.24, 2.45) is 0 Å². The third-order valence-corrected chi connectivity index (χ3v) is 3.21. The van der Waals surface area contributed by atoms with Crippen LogP contribution in [0.2, 0.25) is 0 Å². The Bertz CT molecular complexity index is 186. The Balaban J connectivity index is 2.05. The molecule has 0 spiro atoms. The van der Waals surface area contributed by atoms with E-state index in [-0.39, 0.29) is 5.91 Å². The minimum absolute atomic E-state index is 0.220. The van der Waals surface area contributed by atoms with E-state index in [4.69, 9.17) is 0 Å². The summed E-state index contributed by atoms with van der Waals surface area (Å²) in [5, 5.41) is 2.97. The predicted molar refractivity (Wildman–Crippen MR) is 67.4 cm³/mol. The first-order chi connectivity index (χ1) is 7.83. The molecule has 0 aromatic rings. The monoisotopic (exact) mass is 226 g/mol. The van der Waals surface area contributed by atoms with Crippen LogP contribution < -0.4 is 5.32 Å². The number of nitrogens with one attached hydrogen (secondary N) is 1. The van der Waals surface area contributed by atoms with Gasteiger partial charge in [-0.1, -0.05) is 26.2 Å². The molecular weight excluding hydrogens is 200 g/mol. The standard InChI is InChI=1S/C13H26N2O/c1-2-3-9-14-13(16)8-12-15-10-6-4-5-7-11-15/h2-12H2,1H3,(H,14,16). The summed E-state index contributed by atoms with van der Waals surface area (Å²) in [5.74, 6) is 0.220. The Labute approximate surface area is 99.6 Å². The van der Waals surface area contributed by atoms with Gasteiger partial charge in [-0.2, -0.15) is 0 Å². The fraction of sp³-hybridized carbons (Fsp3) is 0.923. The minimum atomic E-state index is 0.220. The third-order valence-electron chi connectivity index (χ3n) is 3.21. The van der Waals surface area contributed by atoms with E-state index in [0.717, 1.165) is 25.9 Å². The van der Waals surface area contributed by atoms with Gasteiger partial charge < -0.3 is 10.2 Å². The smallest absolute Gasteiger partial charge is 0.221 e. The van der Waals surface area contributed by atoms with Crippen molar-refractivity contribution < 1.29 is 4.79 Å². The number of likely N-dealkylation sites (tertiary alicyclic amines) is 1. The maximum Gasteiger partial charge on any atom is 0.221 e. The lowest BCUT2D eigenvalue weighted by molar-refractivity contribution is -0.121. The van der Waals surface area contributed by atoms with E-state index in [2.05, 4.69) is 17.1 Å². The number of carbonyl (C=O) groups excluding carboxylic acids is 1. The molecule has 3 heteroatoms. The van der Waals surface area contributed by atoms with Crippen molar-refractivity contribution in [2.75, 3.05) is 26.2 Å². The summed E-state index contributed by atoms with van der Waals surface area (Å²) in [6.45, 7) is 6.29. The molecule has 0 bridgehead atoms. The van der Waals surface area contributed by atoms with E-state index < -0.39 is 0 Å². The molecule has 0 aliphatic carbocycles. The van der Waals surface area contributed by atoms with Crippen LogP contribution in [0.3, 0.4) is 0 Å². The zero-order valence-electron chi connectivity index (χ0n) is 10.6. The van der Waals surface area contributed by atoms with E-state index in [0.29, 0.717) is 6.42 Å². The maximum atomic E-state index is 11.5. The summed E-state index contributed by atoms with van der Waals surface area (Å²) in [6, 6.07) is 0. The van der Waals surface area contributed by atoms with Gasteiger partial charge >= 0.3 is 0 Å². The van der Waals surface area contributed by atoms with E-state index in [1.54, 1.807) is 0 Å². The van der Waals surface area contributed by atoms with Gasteiger partial charge in [0.25, 0.3) is 0 Å². The lowest BCUT2D eigenvalue weighted by Crippen LogP contribution is -2.31. The molecule has 1 amide bonds. The van der Waals surface area contributed by atoms with Crippen LogP contribution in [0, 0.1) is 0 Å². The number of rotatable bonds is 6. The molecule has 3 nitrogen and oxygen atoms in total. The topological polar surface area (TPSA) is 32.3 Å². The quantitative estimate of drug-likeness (QED) is 0.704. The van der Waals surface area contributed by atoms with Crippen LogP contribution in [0.5, 0.6) is 0 Å². The molecule has 0 atom stereocenters. The second-order valence-electron chi connectivity index (χ2n) is 4.71. The van der Waals surface area contributed by atoms with Crippen molar-refractivity contribution >= 4 is 5.91 Å². The fourth-order valence-corrected chi connectivity index (χ4v) is 2.11. The molecule has 1 fully saturated rings. The Kier molecular flexibility index (Phi) is 7.23. The molecule has 0 aromatic carbocycles. The lowest BCUT2D eigenvalue weighted by atomic mass is 10.2. The molecule has 1 heterocycles. The number of unbranched alkanes of at least 4 members (excludes halogenated alkanes) is 1. The molecular formula is C13H26N2O. The van der Waals surface area contributed by atoms with E-state index in [9.17, 15) is 4.79 Å². The second kappa shape index (κ2) is 8.57. The lowest BCUT2D eigenvalue weighted by Gasteiger charge is -2.19. The van der Waals surface area contributed by atoms with Gasteiger partial charge in [0, 0.05) is 19.5 Å². The highest BCUT2D eigenvalue weighted by molar-refractivity contribution is 5.75. The molecule has 0 aromatic heterocycles. The molecule has 0 saturated carbocycles. The Morgan fingerprint density at radius 3 is 2.50 bits per heavy atom. The average Bonchev–Trinajstić information content (AvgIpc) is 2.55. The van der Waals surface area contributed by atoms with Crippen molar-refractivity contribution in [3.05, 3.63) is 0 Å². The van der Waals surface area contributed by atoms with Crippen LogP contribution in [0.1, 0.15) is 51.9 Å². The Morgan fingerprint density at radius 2 is 1.88 bits per heavy atom. The van der Waals surface area contributed by atoms with Crippen molar-refractivity contribution in [3.63, 3.8) is 0 Å². The molecule has 0 unspecified atom stereocenters. The first kappa shape index (κ1) is 13.5. The number of hydrogen-bond donors (Lipinski definition) is 1. The Morgan fingerprint density at radius 1 is 1.19 bits per heavy atom. The van der Waals surface area contributed by atoms with Crippen LogP contribution in [0.4, 0.5) is 0 Å². The van der Waals surface area contributed by atoms with Crippen LogP contribution in [0.15, 0.2) is 0 Å². The van der Waals surface area contributed by atoms with E-state index in [1.165, 1.54) is 38.8 Å². The highest BCUT2D eigenvalue weighted by Crippen LogP contribution is 2.09. The van der Waals surface area contributed by atoms with Gasteiger partial charge in [-0.05, 0) is 32.4 Å². The number of carbonyl (C=O) groups is 1. The molecule has 94 valence electrons. The number of hydrogen-bond acceptors (Lipinski definition) is 2. The first-order valence-electron chi connectivity index (χ1n) is 6.82. The van der Waals surface area contributed by atoms with Gasteiger partial charge in [-0.3, -0.25) is 4.79 Å². The zero-order valence-corrected chi connectivity index (χ0v) is 10.6. The third kappa shape index (κ3) is 6.11. The van der Waals surface area contributed by atoms with Gasteiger partial charge in [0.05, 0.1) is 0 Å². The number of amides is 1. The van der Waals surface area contributed by atoms with Crippen LogP contribution in [0.25, 0.3) is 0 Å². The van der Waals surface area contributed by atoms with E-state index in [1.807, 2.05) is 0 Å². The predicted octanol–water partition coefficient (Wildman–Crippen LogP) is 2.17. The molecule has 0 radical (unpaired) electrons. The van der Waals surface area contributed by atoms with Crippen LogP contribution in [-0.2, 0) is 4.79 Å². The highest BCUT2D eigenvalue weighted by Gasteiger charge is 2.10. The Hall–Kier alpha value is -0.570. The summed E-state index contributed by atoms with van der Waals surface area (Å²) >= 11 is 0. The largest absolute Gasteiger partial charge is 0.356 e. The minimum Gasteiger partial charge on any atom is -0.356 e. The van der Waals surface area contributed by atoms with Crippen LogP contribution >= 0.6 is 0 Å². The normalized spacial score (nSPS) is 18.1. The molecule has 1 rings (SSSR count). The summed E-state index contributed by atoms with van der Waals surface area (Å²) in [7, 11) is 0. The van der Waals surface area contributed by atoms with Gasteiger partial charge in [-0.15, -0.1) is 0 Å². The summed E-state index contributed by atoms with van der Waals surface area (Å²) in [6.07, 6.45) is 8.23. The van der Waals surface area contributed by atoms with Crippen molar-refractivity contribution in [1.82, 2.24) is 10.2 Å². The molecule has 1 N–H and O–H groups in total. The maximum absolute atomic E-state index is 11.5. The van der Waals surface area contributed by atoms with Crippen molar-refractivity contribution in [3.8, 4) is 0 Å². The summed E-state index contributed by atoms with van der Waals surface area (Å²) in [4.78, 5) is 13.9. The SMILES string of the molecule is CCCCNC(=O)CCN1CCCCCC1. The second-order valence-corrected chi connectivity index (χ2v) is 4.71. The van der Waals surface area contributed by atoms with E-state index >= 15 is 0 Å². The van der Waals surface area contributed by atoms with Gasteiger partial charge in [0.1, 0.15) is 0 Å². The average molecular weight is 226 g/mol. The summed E-state index contributed by atoms with van der Waals surface area (Å²) < 4.78 is 0. The van der Waals surface area contributed by atoms with Gasteiger partial charge in [0.2, 0.25) is 5.91 Å². The van der Waals surface area contributed by atoms with Gasteiger partial charge in [0.15, 0.2) is 0 Å².